The minimum atomic E-state index is -0.0725. The molecule has 0 radical (unpaired) electrons. The van der Waals surface area contributed by atoms with Gasteiger partial charge in [-0.1, -0.05) is 43.5 Å². The average Bonchev–Trinajstić information content (AvgIpc) is 2.55. The molecule has 0 aliphatic heterocycles. The number of nitrogens with one attached hydrogen (secondary N) is 1. The number of carbonyl (C=O) groups excluding carboxylic acids is 1. The van der Waals surface area contributed by atoms with E-state index in [2.05, 4.69) is 17.2 Å². The highest BCUT2D eigenvalue weighted by Gasteiger charge is 2.15. The Balaban J connectivity index is 2.03. The largest absolute Gasteiger partial charge is 0.506 e. The molecule has 1 amide bonds. The van der Waals surface area contributed by atoms with Gasteiger partial charge in [-0.25, -0.2) is 0 Å². The van der Waals surface area contributed by atoms with Crippen molar-refractivity contribution in [3.8, 4) is 5.75 Å². The van der Waals surface area contributed by atoms with Crippen LogP contribution < -0.4 is 5.32 Å². The zero-order valence-corrected chi connectivity index (χ0v) is 13.9. The van der Waals surface area contributed by atoms with Gasteiger partial charge in [0.1, 0.15) is 5.75 Å². The monoisotopic (exact) mass is 332 g/mol. The van der Waals surface area contributed by atoms with Crippen molar-refractivity contribution in [2.75, 3.05) is 0 Å². The fourth-order valence-electron chi connectivity index (χ4n) is 2.40. The zero-order valence-electron chi connectivity index (χ0n) is 13.1. The first-order chi connectivity index (χ1) is 11.1. The molecular formula is C18H21ClN2O2. The molecule has 0 bridgehead atoms. The second-order valence-corrected chi connectivity index (χ2v) is 5.92. The summed E-state index contributed by atoms with van der Waals surface area (Å²) in [4.78, 5) is 16.4. The van der Waals surface area contributed by atoms with Crippen LogP contribution in [-0.2, 0) is 11.2 Å². The molecule has 0 spiro atoms. The van der Waals surface area contributed by atoms with Gasteiger partial charge in [0.15, 0.2) is 0 Å². The SMILES string of the molecule is CCCC[C@@H](NC(=O)Cc1ccc(O)c(Cl)c1)c1cccnc1. The number of aromatic hydroxyl groups is 1. The lowest BCUT2D eigenvalue weighted by Gasteiger charge is -2.19. The Bertz CT molecular complexity index is 647. The van der Waals surface area contributed by atoms with Gasteiger partial charge in [-0.3, -0.25) is 9.78 Å². The molecule has 2 rings (SSSR count). The quantitative estimate of drug-likeness (QED) is 0.804. The van der Waals surface area contributed by atoms with Crippen LogP contribution >= 0.6 is 11.6 Å². The van der Waals surface area contributed by atoms with Crippen LogP contribution in [0.1, 0.15) is 43.4 Å². The van der Waals surface area contributed by atoms with E-state index in [1.807, 2.05) is 12.1 Å². The molecular weight excluding hydrogens is 312 g/mol. The first-order valence-corrected chi connectivity index (χ1v) is 8.14. The van der Waals surface area contributed by atoms with Crippen LogP contribution in [0.4, 0.5) is 0 Å². The molecule has 2 aromatic rings. The standard InChI is InChI=1S/C18H21ClN2O2/c1-2-3-6-16(14-5-4-9-20-12-14)21-18(23)11-13-7-8-17(22)15(19)10-13/h4-5,7-10,12,16,22H,2-3,6,11H2,1H3,(H,21,23)/t16-/m1/s1. The van der Waals surface area contributed by atoms with Gasteiger partial charge in [0.25, 0.3) is 0 Å². The van der Waals surface area contributed by atoms with Crippen molar-refractivity contribution in [3.63, 3.8) is 0 Å². The van der Waals surface area contributed by atoms with E-state index in [0.717, 1.165) is 30.4 Å². The van der Waals surface area contributed by atoms with E-state index in [-0.39, 0.29) is 29.1 Å². The topological polar surface area (TPSA) is 62.2 Å². The van der Waals surface area contributed by atoms with Gasteiger partial charge in [0.2, 0.25) is 5.91 Å². The fourth-order valence-corrected chi connectivity index (χ4v) is 2.61. The second-order valence-electron chi connectivity index (χ2n) is 5.51. The summed E-state index contributed by atoms with van der Waals surface area (Å²) < 4.78 is 0. The maximum Gasteiger partial charge on any atom is 0.224 e. The van der Waals surface area contributed by atoms with E-state index in [0.29, 0.717) is 0 Å². The predicted octanol–water partition coefficient (Wildman–Crippen LogP) is 4.03. The van der Waals surface area contributed by atoms with Gasteiger partial charge < -0.3 is 10.4 Å². The van der Waals surface area contributed by atoms with Gasteiger partial charge in [-0.05, 0) is 35.7 Å². The predicted molar refractivity (Wildman–Crippen MR) is 91.5 cm³/mol. The zero-order chi connectivity index (χ0) is 16.7. The molecule has 1 heterocycles. The maximum atomic E-state index is 12.3. The van der Waals surface area contributed by atoms with Gasteiger partial charge in [0.05, 0.1) is 17.5 Å². The van der Waals surface area contributed by atoms with E-state index >= 15 is 0 Å². The summed E-state index contributed by atoms with van der Waals surface area (Å²) >= 11 is 5.88. The molecule has 23 heavy (non-hydrogen) atoms. The third kappa shape index (κ3) is 5.25. The number of carbonyl (C=O) groups is 1. The minimum Gasteiger partial charge on any atom is -0.506 e. The molecule has 4 nitrogen and oxygen atoms in total. The van der Waals surface area contributed by atoms with Crippen LogP contribution in [0.25, 0.3) is 0 Å². The molecule has 0 unspecified atom stereocenters. The third-order valence-electron chi connectivity index (χ3n) is 3.65. The summed E-state index contributed by atoms with van der Waals surface area (Å²) in [5, 5.41) is 12.8. The van der Waals surface area contributed by atoms with E-state index < -0.39 is 0 Å². The van der Waals surface area contributed by atoms with E-state index in [1.54, 1.807) is 24.5 Å². The van der Waals surface area contributed by atoms with Crippen molar-refractivity contribution in [2.45, 2.75) is 38.6 Å². The Morgan fingerprint density at radius 2 is 2.22 bits per heavy atom. The summed E-state index contributed by atoms with van der Waals surface area (Å²) in [6, 6.07) is 8.63. The molecule has 0 aliphatic rings. The van der Waals surface area contributed by atoms with Gasteiger partial charge in [0, 0.05) is 12.4 Å². The van der Waals surface area contributed by atoms with E-state index in [1.165, 1.54) is 6.07 Å². The van der Waals surface area contributed by atoms with Crippen LogP contribution in [0.3, 0.4) is 0 Å². The number of phenolic OH excluding ortho intramolecular Hbond substituents is 1. The molecule has 5 heteroatoms. The van der Waals surface area contributed by atoms with Crippen molar-refractivity contribution >= 4 is 17.5 Å². The van der Waals surface area contributed by atoms with Gasteiger partial charge >= 0.3 is 0 Å². The molecule has 122 valence electrons. The average molecular weight is 333 g/mol. The lowest BCUT2D eigenvalue weighted by Crippen LogP contribution is -2.30. The molecule has 2 N–H and O–H groups in total. The molecule has 1 aromatic heterocycles. The number of pyridine rings is 1. The lowest BCUT2D eigenvalue weighted by molar-refractivity contribution is -0.121. The number of benzene rings is 1. The minimum absolute atomic E-state index is 0.0204. The third-order valence-corrected chi connectivity index (χ3v) is 3.95. The molecule has 0 saturated carbocycles. The fraction of sp³-hybridized carbons (Fsp3) is 0.333. The highest BCUT2D eigenvalue weighted by molar-refractivity contribution is 6.32. The summed E-state index contributed by atoms with van der Waals surface area (Å²) in [5.41, 5.74) is 1.78. The normalized spacial score (nSPS) is 11.9. The Morgan fingerprint density at radius 1 is 1.39 bits per heavy atom. The van der Waals surface area contributed by atoms with Crippen LogP contribution in [-0.4, -0.2) is 16.0 Å². The van der Waals surface area contributed by atoms with Crippen LogP contribution in [0.5, 0.6) is 5.75 Å². The number of rotatable bonds is 7. The van der Waals surface area contributed by atoms with Crippen LogP contribution in [0, 0.1) is 0 Å². The maximum absolute atomic E-state index is 12.3. The summed E-state index contributed by atoms with van der Waals surface area (Å²) in [6.07, 6.45) is 6.72. The van der Waals surface area contributed by atoms with Gasteiger partial charge in [-0.2, -0.15) is 0 Å². The number of unbranched alkanes of at least 4 members (excludes halogenated alkanes) is 1. The lowest BCUT2D eigenvalue weighted by atomic mass is 10.0. The molecule has 1 atom stereocenters. The molecule has 0 fully saturated rings. The van der Waals surface area contributed by atoms with Crippen molar-refractivity contribution in [3.05, 3.63) is 58.9 Å². The van der Waals surface area contributed by atoms with Crippen LogP contribution in [0.15, 0.2) is 42.7 Å². The number of halogens is 1. The Hall–Kier alpha value is -2.07. The number of phenols is 1. The highest BCUT2D eigenvalue weighted by atomic mass is 35.5. The number of aromatic nitrogens is 1. The number of nitrogens with zero attached hydrogens (tertiary/aromatic N) is 1. The smallest absolute Gasteiger partial charge is 0.224 e. The van der Waals surface area contributed by atoms with E-state index in [4.69, 9.17) is 11.6 Å². The summed E-state index contributed by atoms with van der Waals surface area (Å²) in [7, 11) is 0. The number of amides is 1. The Labute approximate surface area is 141 Å². The van der Waals surface area contributed by atoms with Crippen molar-refractivity contribution in [1.29, 1.82) is 0 Å². The number of hydrogen-bond donors (Lipinski definition) is 2. The van der Waals surface area contributed by atoms with Crippen molar-refractivity contribution in [2.24, 2.45) is 0 Å². The van der Waals surface area contributed by atoms with E-state index in [9.17, 15) is 9.90 Å². The Kier molecular flexibility index (Phi) is 6.41. The first kappa shape index (κ1) is 17.3. The second kappa shape index (κ2) is 8.53. The Morgan fingerprint density at radius 3 is 2.87 bits per heavy atom. The first-order valence-electron chi connectivity index (χ1n) is 7.76. The summed E-state index contributed by atoms with van der Waals surface area (Å²) in [5.74, 6) is -0.0521. The van der Waals surface area contributed by atoms with Crippen molar-refractivity contribution < 1.29 is 9.90 Å². The highest BCUT2D eigenvalue weighted by Crippen LogP contribution is 2.24. The number of hydrogen-bond acceptors (Lipinski definition) is 3. The molecule has 1 aromatic carbocycles. The van der Waals surface area contributed by atoms with Gasteiger partial charge in [-0.15, -0.1) is 0 Å². The molecule has 0 saturated heterocycles. The van der Waals surface area contributed by atoms with Crippen LogP contribution in [0.2, 0.25) is 5.02 Å². The molecule has 0 aliphatic carbocycles. The summed E-state index contributed by atoms with van der Waals surface area (Å²) in [6.45, 7) is 2.13. The van der Waals surface area contributed by atoms with Crippen molar-refractivity contribution in [1.82, 2.24) is 10.3 Å².